The number of carbonyl (C=O) groups excluding carboxylic acids is 5. The topological polar surface area (TPSA) is 593 Å². The zero-order chi connectivity index (χ0) is 95.6. The summed E-state index contributed by atoms with van der Waals surface area (Å²) < 4.78 is 106. The van der Waals surface area contributed by atoms with Crippen molar-refractivity contribution in [2.45, 2.75) is 415 Å². The van der Waals surface area contributed by atoms with Crippen LogP contribution in [0.25, 0.3) is 0 Å². The minimum Gasteiger partial charge on any atom is -0.444 e. The van der Waals surface area contributed by atoms with Crippen LogP contribution >= 0.6 is 24.4 Å². The van der Waals surface area contributed by atoms with Crippen molar-refractivity contribution in [1.29, 1.82) is 0 Å². The van der Waals surface area contributed by atoms with Crippen molar-refractivity contribution in [2.75, 3.05) is 39.3 Å². The Labute approximate surface area is 759 Å². The van der Waals surface area contributed by atoms with Crippen LogP contribution in [-0.4, -0.2) is 372 Å². The van der Waals surface area contributed by atoms with Gasteiger partial charge in [-0.1, -0.05) is 48.5 Å². The Morgan fingerprint density at radius 1 is 0.305 bits per heavy atom. The second-order valence-electron chi connectivity index (χ2n) is 39.6. The quantitative estimate of drug-likeness (QED) is 0.0263. The zero-order valence-corrected chi connectivity index (χ0v) is 79.0. The number of ether oxygens (including phenoxy) is 17. The summed E-state index contributed by atoms with van der Waals surface area (Å²) in [6, 6.07) is -4.30. The first-order valence-electron chi connectivity index (χ1n) is 44.3. The van der Waals surface area contributed by atoms with Crippen molar-refractivity contribution < 1.29 is 166 Å². The molecule has 0 aromatic rings. The van der Waals surface area contributed by atoms with Gasteiger partial charge in [-0.25, -0.2) is 24.0 Å². The number of hydrogen-bond donors (Lipinski definition) is 21. The molecule has 21 N–H and O–H groups in total. The van der Waals surface area contributed by atoms with E-state index >= 15 is 0 Å². The van der Waals surface area contributed by atoms with Gasteiger partial charge in [-0.2, -0.15) is 0 Å². The highest BCUT2D eigenvalue weighted by molar-refractivity contribution is 7.80. The van der Waals surface area contributed by atoms with Crippen LogP contribution < -0.4 is 47.9 Å². The summed E-state index contributed by atoms with van der Waals surface area (Å²) >= 11 is 11.6. The summed E-state index contributed by atoms with van der Waals surface area (Å²) in [5.74, 6) is -3.49. The highest BCUT2D eigenvalue weighted by Crippen LogP contribution is 2.43. The van der Waals surface area contributed by atoms with Crippen molar-refractivity contribution in [3.63, 3.8) is 0 Å². The first-order chi connectivity index (χ1) is 59.4. The summed E-state index contributed by atoms with van der Waals surface area (Å²) in [6.45, 7) is 35.2. The number of rotatable bonds is 29. The smallest absolute Gasteiger partial charge is 0.408 e. The van der Waals surface area contributed by atoms with E-state index in [1.807, 2.05) is 13.8 Å². The molecule has 22 unspecified atom stereocenters. The number of alkyl carbamates (subject to hydrolysis) is 5. The van der Waals surface area contributed by atoms with E-state index in [2.05, 4.69) is 47.9 Å². The van der Waals surface area contributed by atoms with Gasteiger partial charge in [0.05, 0.1) is 54.8 Å². The molecule has 8 fully saturated rings. The fraction of sp³-hybridized carbons (Fsp3) is 0.916. The van der Waals surface area contributed by atoms with Crippen LogP contribution in [-0.2, 0) is 80.5 Å². The third kappa shape index (κ3) is 30.1. The zero-order valence-electron chi connectivity index (χ0n) is 77.4. The van der Waals surface area contributed by atoms with Gasteiger partial charge in [-0.3, -0.25) is 0 Å². The van der Waals surface area contributed by atoms with Crippen LogP contribution in [0.15, 0.2) is 0 Å². The Balaban J connectivity index is 1.00. The van der Waals surface area contributed by atoms with Crippen LogP contribution in [0.4, 0.5) is 24.0 Å². The number of thiocarbonyl (C=S) groups is 2. The average molecular weight is 1880 g/mol. The van der Waals surface area contributed by atoms with Gasteiger partial charge in [-0.05, 0) is 172 Å². The molecule has 0 bridgehead atoms. The Bertz CT molecular complexity index is 3560. The third-order valence-electron chi connectivity index (χ3n) is 23.0. The molecule has 0 aromatic carbocycles. The minimum absolute atomic E-state index is 0.0515. The number of amides is 5. The summed E-state index contributed by atoms with van der Waals surface area (Å²) in [4.78, 5) is 67.0. The molecule has 128 heavy (non-hydrogen) atoms. The molecule has 0 spiro atoms. The van der Waals surface area contributed by atoms with Gasteiger partial charge in [-0.15, -0.1) is 0 Å². The van der Waals surface area contributed by atoms with Crippen LogP contribution in [0.1, 0.15) is 184 Å². The molecular formula is C83H147N9O34S2. The maximum atomic E-state index is 14.0. The highest BCUT2D eigenvalue weighted by atomic mass is 32.1. The SMILES string of the molecule is CCC1O[C@@H](OC2C(C)CC(C)[C@H](O)C2O[C@@H]2O[C@H](CNC(=S)NCCCNC(=S)NC[C@H]3O[C@@H](O[C@H]4C(O[C@@H]5OC(CNC(=O)OC(C)(C)C)C(O)[C@H](O)C5C)C(NC(=O)OC(C)(C)C)C[C@@H](NC(=O)OC(C)(C)C)C4O)C(O)[C@H]3O[C@H]3O[C@@H](CC)C(O)C(O)C3C)C(O[C@@H]3O[C@H](CNC(=O)OC(C)(C)C)C(O)C(O)C3NC(=O)OC(C)(C)C)C2O)C(C)[C@@H](O)C1O. The van der Waals surface area contributed by atoms with Crippen molar-refractivity contribution in [3.8, 4) is 0 Å². The highest BCUT2D eigenvalue weighted by Gasteiger charge is 2.59. The maximum absolute atomic E-state index is 14.0. The lowest BCUT2D eigenvalue weighted by Gasteiger charge is -2.48. The van der Waals surface area contributed by atoms with E-state index in [9.17, 15) is 85.3 Å². The molecule has 0 aromatic heterocycles. The lowest BCUT2D eigenvalue weighted by Crippen LogP contribution is -2.68. The largest absolute Gasteiger partial charge is 0.444 e. The molecule has 6 saturated heterocycles. The van der Waals surface area contributed by atoms with Crippen LogP contribution in [0.3, 0.4) is 0 Å². The molecule has 6 heterocycles. The summed E-state index contributed by atoms with van der Waals surface area (Å²) in [6.07, 6.45) is -47.3. The predicted molar refractivity (Wildman–Crippen MR) is 459 cm³/mol. The Kier molecular flexibility index (Phi) is 38.7. The van der Waals surface area contributed by atoms with E-state index in [1.54, 1.807) is 132 Å². The Morgan fingerprint density at radius 2 is 0.617 bits per heavy atom. The molecular weight excluding hydrogens is 1730 g/mol. The van der Waals surface area contributed by atoms with E-state index in [0.717, 1.165) is 0 Å². The van der Waals surface area contributed by atoms with E-state index in [1.165, 1.54) is 6.92 Å². The molecule has 8 rings (SSSR count). The van der Waals surface area contributed by atoms with Gasteiger partial charge in [0.15, 0.2) is 48.0 Å². The molecule has 740 valence electrons. The number of aliphatic hydroxyl groups is 12. The summed E-state index contributed by atoms with van der Waals surface area (Å²) in [5, 5.41) is 166. The standard InChI is InChI=1S/C83H147N9O34S2/c1-23-41-53(98)49(94)36(5)66(110-41)116-60-35(4)28-34(3)48(93)64(60)120-70-59(104)63(119-69-47(92-78(109)126-83(20,21)22)57(102)56(101)44(113-69)31-89-75(106)123-80(11,12)13)46(115-70)33-87-73(128)85-27-25-26-84-72(127)86-32-45-62(118-67-37(6)50(95)54(99)42(24-2)111-67)58(103)71(114-45)121-65-52(97)39(90-76(107)124-81(14,15)16)29-40(91-77(108)125-82(17,18)19)61(65)117-68-38(7)51(96)55(100)43(112-68)30-88-74(105)122-79(8,9)10/h34-71,93-104H,23-33H2,1-22H3,(H,88,105)(H,89,106)(H,90,107)(H,91,108)(H,92,109)(H2,84,86,127)(H2,85,87,128)/t34?,35?,36?,37?,38?,39-,40?,41?,42+,43?,44-,45-,46-,47?,48+,49-,50?,51-,52?,53?,54?,55?,56?,57?,58?,59?,60?,61?,62+,63?,64?,65-,66+,67-,68+,69+,70+,71+/m1/s1. The van der Waals surface area contributed by atoms with Gasteiger partial charge in [0.2, 0.25) is 0 Å². The fourth-order valence-electron chi connectivity index (χ4n) is 16.4. The van der Waals surface area contributed by atoms with Crippen LogP contribution in [0.2, 0.25) is 0 Å². The van der Waals surface area contributed by atoms with E-state index in [4.69, 9.17) is 105 Å². The van der Waals surface area contributed by atoms with Crippen molar-refractivity contribution in [3.05, 3.63) is 0 Å². The van der Waals surface area contributed by atoms with Gasteiger partial charge in [0, 0.05) is 57.0 Å². The maximum Gasteiger partial charge on any atom is 0.408 e. The molecule has 6 aliphatic heterocycles. The second-order valence-corrected chi connectivity index (χ2v) is 40.5. The second kappa shape index (κ2) is 45.9. The molecule has 2 aliphatic carbocycles. The molecule has 5 amide bonds. The van der Waals surface area contributed by atoms with Crippen LogP contribution in [0, 0.1) is 29.6 Å². The molecule has 2 saturated carbocycles. The van der Waals surface area contributed by atoms with Crippen molar-refractivity contribution in [1.82, 2.24) is 47.9 Å². The monoisotopic (exact) mass is 1880 g/mol. The Morgan fingerprint density at radius 3 is 1.02 bits per heavy atom. The van der Waals surface area contributed by atoms with Crippen molar-refractivity contribution >= 4 is 65.1 Å². The first-order valence-corrected chi connectivity index (χ1v) is 45.2. The number of nitrogens with one attached hydrogen (secondary N) is 9. The lowest BCUT2D eigenvalue weighted by molar-refractivity contribution is -0.325. The third-order valence-corrected chi connectivity index (χ3v) is 23.6. The summed E-state index contributed by atoms with van der Waals surface area (Å²) in [7, 11) is 0. The Hall–Kier alpha value is -5.23. The van der Waals surface area contributed by atoms with E-state index < -0.39 is 298 Å². The fourth-order valence-corrected chi connectivity index (χ4v) is 16.7. The molecule has 38 atom stereocenters. The van der Waals surface area contributed by atoms with Gasteiger partial charge < -0.3 is 190 Å². The molecule has 43 nitrogen and oxygen atoms in total. The van der Waals surface area contributed by atoms with E-state index in [0.29, 0.717) is 19.3 Å². The van der Waals surface area contributed by atoms with Crippen molar-refractivity contribution in [2.24, 2.45) is 29.6 Å². The van der Waals surface area contributed by atoms with Gasteiger partial charge in [0.25, 0.3) is 0 Å². The number of hydrogen-bond acceptors (Lipinski definition) is 36. The number of carbonyl (C=O) groups is 5. The minimum atomic E-state index is -1.88. The van der Waals surface area contributed by atoms with Crippen LogP contribution in [0.5, 0.6) is 0 Å². The first kappa shape index (κ1) is 108. The summed E-state index contributed by atoms with van der Waals surface area (Å²) in [5.41, 5.74) is -5.03. The molecule has 8 aliphatic rings. The lowest BCUT2D eigenvalue weighted by atomic mass is 9.77. The van der Waals surface area contributed by atoms with Gasteiger partial charge in [0.1, 0.15) is 138 Å². The van der Waals surface area contributed by atoms with E-state index in [-0.39, 0.29) is 55.2 Å². The molecule has 0 radical (unpaired) electrons. The average Bonchev–Trinajstić information content (AvgIpc) is 1.76. The number of aliphatic hydroxyl groups excluding tert-OH is 12. The molecule has 45 heteroatoms. The predicted octanol–water partition coefficient (Wildman–Crippen LogP) is -0.167. The normalized spacial score (nSPS) is 39.6. The van der Waals surface area contributed by atoms with Gasteiger partial charge >= 0.3 is 30.5 Å².